The fourth-order valence-electron chi connectivity index (χ4n) is 1.44. The second-order valence-electron chi connectivity index (χ2n) is 3.61. The molecule has 0 aromatic rings. The Morgan fingerprint density at radius 2 is 2.19 bits per heavy atom. The minimum absolute atomic E-state index is 0.150. The third-order valence-electron chi connectivity index (χ3n) is 2.31. The summed E-state index contributed by atoms with van der Waals surface area (Å²) in [5.74, 6) is -1.00. The Morgan fingerprint density at radius 3 is 2.69 bits per heavy atom. The van der Waals surface area contributed by atoms with Crippen LogP contribution in [0.25, 0.3) is 0 Å². The number of nitrogens with zero attached hydrogens (tertiary/aromatic N) is 1. The average molecular weight is 284 g/mol. The lowest BCUT2D eigenvalue weighted by atomic mass is 10.2. The summed E-state index contributed by atoms with van der Waals surface area (Å²) in [6, 6.07) is 0. The smallest absolute Gasteiger partial charge is 0.344 e. The van der Waals surface area contributed by atoms with E-state index in [1.807, 2.05) is 4.31 Å². The van der Waals surface area contributed by atoms with E-state index in [1.54, 1.807) is 0 Å². The normalized spacial score (nSPS) is 21.8. The third kappa shape index (κ3) is 3.55. The van der Waals surface area contributed by atoms with Crippen LogP contribution in [0.2, 0.25) is 0 Å². The Kier molecular flexibility index (Phi) is 5.97. The van der Waals surface area contributed by atoms with Crippen molar-refractivity contribution in [1.29, 1.82) is 0 Å². The Morgan fingerprint density at radius 1 is 1.50 bits per heavy atom. The van der Waals surface area contributed by atoms with Crippen molar-refractivity contribution in [2.75, 3.05) is 6.54 Å². The van der Waals surface area contributed by atoms with E-state index < -0.39 is 11.5 Å². The average Bonchev–Trinajstić information content (AvgIpc) is 2.52. The van der Waals surface area contributed by atoms with Gasteiger partial charge in [0, 0.05) is 6.54 Å². The SMILES string of the molecule is CCCCCCN1SC(C(=O)O)=C(Cl)C1Cl. The maximum Gasteiger partial charge on any atom is 0.344 e. The zero-order valence-electron chi connectivity index (χ0n) is 9.08. The molecular weight excluding hydrogens is 269 g/mol. The second-order valence-corrected chi connectivity index (χ2v) is 5.49. The van der Waals surface area contributed by atoms with Gasteiger partial charge in [0.05, 0.1) is 5.03 Å². The van der Waals surface area contributed by atoms with Crippen LogP contribution < -0.4 is 0 Å². The lowest BCUT2D eigenvalue weighted by Gasteiger charge is -2.17. The van der Waals surface area contributed by atoms with Gasteiger partial charge in [-0.25, -0.2) is 9.10 Å². The Bertz CT molecular complexity index is 297. The monoisotopic (exact) mass is 283 g/mol. The molecule has 1 N–H and O–H groups in total. The van der Waals surface area contributed by atoms with Gasteiger partial charge < -0.3 is 5.11 Å². The van der Waals surface area contributed by atoms with Crippen molar-refractivity contribution in [3.8, 4) is 0 Å². The van der Waals surface area contributed by atoms with Crippen molar-refractivity contribution in [1.82, 2.24) is 4.31 Å². The summed E-state index contributed by atoms with van der Waals surface area (Å²) in [6.07, 6.45) is 4.52. The molecule has 1 unspecified atom stereocenters. The molecule has 0 saturated heterocycles. The Balaban J connectivity index is 2.41. The molecule has 0 bridgehead atoms. The van der Waals surface area contributed by atoms with Crippen molar-refractivity contribution < 1.29 is 9.90 Å². The summed E-state index contributed by atoms with van der Waals surface area (Å²) < 4.78 is 1.82. The van der Waals surface area contributed by atoms with Gasteiger partial charge in [0.15, 0.2) is 0 Å². The topological polar surface area (TPSA) is 40.5 Å². The van der Waals surface area contributed by atoms with E-state index in [4.69, 9.17) is 28.3 Å². The van der Waals surface area contributed by atoms with Crippen LogP contribution in [0.5, 0.6) is 0 Å². The van der Waals surface area contributed by atoms with E-state index in [-0.39, 0.29) is 9.94 Å². The first kappa shape index (κ1) is 14.2. The lowest BCUT2D eigenvalue weighted by Crippen LogP contribution is -2.21. The lowest BCUT2D eigenvalue weighted by molar-refractivity contribution is -0.131. The van der Waals surface area contributed by atoms with Crippen molar-refractivity contribution >= 4 is 41.1 Å². The number of carbonyl (C=O) groups is 1. The molecule has 0 aromatic heterocycles. The quantitative estimate of drug-likeness (QED) is 0.350. The predicted molar refractivity (Wildman–Crippen MR) is 68.6 cm³/mol. The Hall–Kier alpha value is 0.1000. The summed E-state index contributed by atoms with van der Waals surface area (Å²) >= 11 is 13.0. The van der Waals surface area contributed by atoms with E-state index in [1.165, 1.54) is 12.8 Å². The van der Waals surface area contributed by atoms with Crippen LogP contribution in [-0.4, -0.2) is 27.4 Å². The molecule has 0 aliphatic carbocycles. The minimum atomic E-state index is -1.00. The van der Waals surface area contributed by atoms with E-state index in [9.17, 15) is 4.79 Å². The predicted octanol–water partition coefficient (Wildman–Crippen LogP) is 3.63. The van der Waals surface area contributed by atoms with Crippen LogP contribution in [0.4, 0.5) is 0 Å². The number of carboxylic acid groups (broad SMARTS) is 1. The number of rotatable bonds is 6. The summed E-state index contributed by atoms with van der Waals surface area (Å²) in [6.45, 7) is 2.92. The fourth-order valence-corrected chi connectivity index (χ4v) is 3.12. The van der Waals surface area contributed by atoms with Crippen LogP contribution >= 0.6 is 35.1 Å². The molecule has 0 amide bonds. The number of alkyl halides is 1. The van der Waals surface area contributed by atoms with Gasteiger partial charge in [-0.3, -0.25) is 0 Å². The number of hydrogen-bond donors (Lipinski definition) is 1. The molecule has 1 atom stereocenters. The molecule has 0 spiro atoms. The molecule has 0 saturated carbocycles. The number of aliphatic carboxylic acids is 1. The van der Waals surface area contributed by atoms with Gasteiger partial charge in [-0.15, -0.1) is 0 Å². The van der Waals surface area contributed by atoms with E-state index in [2.05, 4.69) is 6.92 Å². The molecule has 0 fully saturated rings. The molecule has 3 nitrogen and oxygen atoms in total. The molecule has 16 heavy (non-hydrogen) atoms. The van der Waals surface area contributed by atoms with Gasteiger partial charge >= 0.3 is 5.97 Å². The highest BCUT2D eigenvalue weighted by Crippen LogP contribution is 2.41. The van der Waals surface area contributed by atoms with Crippen LogP contribution in [0.15, 0.2) is 9.94 Å². The van der Waals surface area contributed by atoms with Crippen molar-refractivity contribution in [2.45, 2.75) is 38.1 Å². The molecule has 1 aliphatic rings. The highest BCUT2D eigenvalue weighted by molar-refractivity contribution is 8.02. The molecule has 0 radical (unpaired) electrons. The van der Waals surface area contributed by atoms with Crippen LogP contribution in [-0.2, 0) is 4.79 Å². The Labute approximate surface area is 110 Å². The van der Waals surface area contributed by atoms with E-state index >= 15 is 0 Å². The first-order valence-electron chi connectivity index (χ1n) is 5.29. The third-order valence-corrected chi connectivity index (χ3v) is 4.71. The second kappa shape index (κ2) is 6.74. The number of halogens is 2. The molecule has 1 heterocycles. The number of unbranched alkanes of at least 4 members (excludes halogenated alkanes) is 3. The summed E-state index contributed by atoms with van der Waals surface area (Å²) in [7, 11) is 0. The van der Waals surface area contributed by atoms with Gasteiger partial charge in [0.1, 0.15) is 10.4 Å². The van der Waals surface area contributed by atoms with Crippen molar-refractivity contribution in [2.24, 2.45) is 0 Å². The zero-order chi connectivity index (χ0) is 12.1. The van der Waals surface area contributed by atoms with Crippen molar-refractivity contribution in [3.63, 3.8) is 0 Å². The molecule has 0 aromatic carbocycles. The number of carboxylic acids is 1. The summed E-state index contributed by atoms with van der Waals surface area (Å²) in [5.41, 5.74) is -0.501. The van der Waals surface area contributed by atoms with Gasteiger partial charge in [0.25, 0.3) is 0 Å². The molecule has 1 rings (SSSR count). The van der Waals surface area contributed by atoms with Gasteiger partial charge in [-0.2, -0.15) is 0 Å². The van der Waals surface area contributed by atoms with Gasteiger partial charge in [-0.05, 0) is 18.4 Å². The molecule has 1 aliphatic heterocycles. The van der Waals surface area contributed by atoms with Crippen LogP contribution in [0.3, 0.4) is 0 Å². The van der Waals surface area contributed by atoms with Gasteiger partial charge in [0.2, 0.25) is 0 Å². The molecule has 6 heteroatoms. The van der Waals surface area contributed by atoms with Crippen molar-refractivity contribution in [3.05, 3.63) is 9.94 Å². The molecule has 92 valence electrons. The zero-order valence-corrected chi connectivity index (χ0v) is 11.4. The first-order chi connectivity index (χ1) is 7.57. The van der Waals surface area contributed by atoms with Gasteiger partial charge in [-0.1, -0.05) is 49.4 Å². The maximum atomic E-state index is 10.8. The summed E-state index contributed by atoms with van der Waals surface area (Å²) in [4.78, 5) is 11.0. The number of hydrogen-bond acceptors (Lipinski definition) is 3. The molecular formula is C10H15Cl2NO2S. The standard InChI is InChI=1S/C10H15Cl2NO2S/c1-2-3-4-5-6-13-9(12)7(11)8(16-13)10(14)15/h9H,2-6H2,1H3,(H,14,15). The maximum absolute atomic E-state index is 10.8. The summed E-state index contributed by atoms with van der Waals surface area (Å²) in [5, 5.41) is 9.11. The minimum Gasteiger partial charge on any atom is -0.477 e. The van der Waals surface area contributed by atoms with Crippen LogP contribution in [0.1, 0.15) is 32.6 Å². The van der Waals surface area contributed by atoms with E-state index in [0.29, 0.717) is 0 Å². The highest BCUT2D eigenvalue weighted by atomic mass is 35.5. The largest absolute Gasteiger partial charge is 0.477 e. The fraction of sp³-hybridized carbons (Fsp3) is 0.700. The van der Waals surface area contributed by atoms with E-state index in [0.717, 1.165) is 31.3 Å². The first-order valence-corrected chi connectivity index (χ1v) is 6.88. The van der Waals surface area contributed by atoms with Crippen LogP contribution in [0, 0.1) is 0 Å². The highest BCUT2D eigenvalue weighted by Gasteiger charge is 2.34.